The molecule has 0 aromatic heterocycles. The first-order valence-electron chi connectivity index (χ1n) is 6.87. The Hall–Kier alpha value is -1.10. The molecule has 0 saturated carbocycles. The van der Waals surface area contributed by atoms with Gasteiger partial charge in [0.2, 0.25) is 0 Å². The fourth-order valence-corrected chi connectivity index (χ4v) is 1.59. The Morgan fingerprint density at radius 3 is 2.53 bits per heavy atom. The second-order valence-electron chi connectivity index (χ2n) is 4.58. The van der Waals surface area contributed by atoms with Gasteiger partial charge in [0.15, 0.2) is 0 Å². The van der Waals surface area contributed by atoms with Crippen molar-refractivity contribution in [3.8, 4) is 5.75 Å². The summed E-state index contributed by atoms with van der Waals surface area (Å²) in [6, 6.07) is 7.98. The molecule has 0 N–H and O–H groups in total. The zero-order chi connectivity index (χ0) is 13.3. The molecule has 1 aromatic rings. The van der Waals surface area contributed by atoms with E-state index < -0.39 is 0 Å². The van der Waals surface area contributed by atoms with Gasteiger partial charge in [0.05, 0.1) is 26.4 Å². The van der Waals surface area contributed by atoms with Gasteiger partial charge in [-0.3, -0.25) is 0 Å². The van der Waals surface area contributed by atoms with Gasteiger partial charge in [0, 0.05) is 6.61 Å². The second-order valence-corrected chi connectivity index (χ2v) is 4.58. The van der Waals surface area contributed by atoms with Gasteiger partial charge in [-0.1, -0.05) is 19.1 Å². The molecule has 2 rings (SSSR count). The average Bonchev–Trinajstić information content (AvgIpc) is 3.26. The molecule has 106 valence electrons. The molecule has 0 radical (unpaired) electrons. The summed E-state index contributed by atoms with van der Waals surface area (Å²) in [7, 11) is 0. The fourth-order valence-electron chi connectivity index (χ4n) is 1.59. The van der Waals surface area contributed by atoms with Crippen molar-refractivity contribution in [1.29, 1.82) is 0 Å². The smallest absolute Gasteiger partial charge is 0.119 e. The molecule has 0 amide bonds. The Kier molecular flexibility index (Phi) is 6.14. The van der Waals surface area contributed by atoms with Crippen LogP contribution >= 0.6 is 0 Å². The minimum absolute atomic E-state index is 0.297. The lowest BCUT2D eigenvalue weighted by molar-refractivity contribution is 0.0408. The highest BCUT2D eigenvalue weighted by molar-refractivity contribution is 5.26. The molecule has 0 bridgehead atoms. The molecule has 0 spiro atoms. The molecule has 1 fully saturated rings. The van der Waals surface area contributed by atoms with E-state index in [0.717, 1.165) is 30.9 Å². The summed E-state index contributed by atoms with van der Waals surface area (Å²) >= 11 is 0. The first-order valence-corrected chi connectivity index (χ1v) is 6.87. The van der Waals surface area contributed by atoms with Crippen LogP contribution in [0, 0.1) is 0 Å². The van der Waals surface area contributed by atoms with Gasteiger partial charge in [-0.15, -0.1) is 0 Å². The van der Waals surface area contributed by atoms with E-state index in [1.807, 2.05) is 24.3 Å². The lowest BCUT2D eigenvalue weighted by Gasteiger charge is -2.07. The van der Waals surface area contributed by atoms with E-state index in [9.17, 15) is 0 Å². The summed E-state index contributed by atoms with van der Waals surface area (Å²) in [4.78, 5) is 0. The van der Waals surface area contributed by atoms with Gasteiger partial charge >= 0.3 is 0 Å². The molecule has 1 heterocycles. The summed E-state index contributed by atoms with van der Waals surface area (Å²) in [5.41, 5.74) is 1.14. The normalized spacial score (nSPS) is 17.4. The predicted octanol–water partition coefficient (Wildman–Crippen LogP) is 2.41. The highest BCUT2D eigenvalue weighted by Crippen LogP contribution is 2.16. The van der Waals surface area contributed by atoms with Crippen molar-refractivity contribution in [2.75, 3.05) is 33.0 Å². The van der Waals surface area contributed by atoms with E-state index in [0.29, 0.717) is 32.5 Å². The maximum Gasteiger partial charge on any atom is 0.119 e. The van der Waals surface area contributed by atoms with Crippen molar-refractivity contribution in [2.24, 2.45) is 0 Å². The lowest BCUT2D eigenvalue weighted by Crippen LogP contribution is -2.05. The zero-order valence-electron chi connectivity index (χ0n) is 11.5. The van der Waals surface area contributed by atoms with Crippen LogP contribution in [0.2, 0.25) is 0 Å². The molecule has 1 saturated heterocycles. The monoisotopic (exact) mass is 266 g/mol. The van der Waals surface area contributed by atoms with Gasteiger partial charge in [0.1, 0.15) is 18.5 Å². The summed E-state index contributed by atoms with van der Waals surface area (Å²) in [5.74, 6) is 0.880. The van der Waals surface area contributed by atoms with Crippen molar-refractivity contribution in [3.63, 3.8) is 0 Å². The SMILES string of the molecule is CCCOCCOCc1ccc(OCC2CO2)cc1. The molecule has 4 heteroatoms. The average molecular weight is 266 g/mol. The van der Waals surface area contributed by atoms with Crippen LogP contribution in [0.4, 0.5) is 0 Å². The van der Waals surface area contributed by atoms with Crippen molar-refractivity contribution >= 4 is 0 Å². The Morgan fingerprint density at radius 1 is 1.11 bits per heavy atom. The number of epoxide rings is 1. The van der Waals surface area contributed by atoms with Gasteiger partial charge < -0.3 is 18.9 Å². The van der Waals surface area contributed by atoms with Crippen LogP contribution in [-0.2, 0) is 20.8 Å². The van der Waals surface area contributed by atoms with Gasteiger partial charge in [-0.2, -0.15) is 0 Å². The standard InChI is InChI=1S/C15H22O4/c1-2-7-16-8-9-17-10-13-3-5-14(6-4-13)18-11-15-12-19-15/h3-6,15H,2,7-12H2,1H3. The molecule has 1 aliphatic heterocycles. The minimum Gasteiger partial charge on any atom is -0.491 e. The van der Waals surface area contributed by atoms with Crippen LogP contribution in [0.15, 0.2) is 24.3 Å². The van der Waals surface area contributed by atoms with E-state index >= 15 is 0 Å². The van der Waals surface area contributed by atoms with Gasteiger partial charge in [-0.05, 0) is 24.1 Å². The molecule has 0 aliphatic carbocycles. The molecule has 1 atom stereocenters. The molecule has 1 aromatic carbocycles. The van der Waals surface area contributed by atoms with Crippen LogP contribution in [0.5, 0.6) is 5.75 Å². The number of rotatable bonds is 10. The lowest BCUT2D eigenvalue weighted by atomic mass is 10.2. The zero-order valence-corrected chi connectivity index (χ0v) is 11.5. The maximum atomic E-state index is 5.57. The van der Waals surface area contributed by atoms with Crippen molar-refractivity contribution in [1.82, 2.24) is 0 Å². The largest absolute Gasteiger partial charge is 0.491 e. The van der Waals surface area contributed by atoms with E-state index in [-0.39, 0.29) is 0 Å². The third kappa shape index (κ3) is 6.05. The molecule has 1 unspecified atom stereocenters. The Bertz CT molecular complexity index is 346. The van der Waals surface area contributed by atoms with Crippen LogP contribution < -0.4 is 4.74 Å². The van der Waals surface area contributed by atoms with E-state index in [1.54, 1.807) is 0 Å². The third-order valence-corrected chi connectivity index (χ3v) is 2.75. The minimum atomic E-state index is 0.297. The highest BCUT2D eigenvalue weighted by atomic mass is 16.6. The molecular formula is C15H22O4. The number of benzene rings is 1. The summed E-state index contributed by atoms with van der Waals surface area (Å²) in [6.07, 6.45) is 1.35. The summed E-state index contributed by atoms with van der Waals surface area (Å²) in [5, 5.41) is 0. The molecule has 1 aliphatic rings. The van der Waals surface area contributed by atoms with Crippen LogP contribution in [0.3, 0.4) is 0 Å². The topological polar surface area (TPSA) is 40.2 Å². The number of hydrogen-bond donors (Lipinski definition) is 0. The summed E-state index contributed by atoms with van der Waals surface area (Å²) < 4.78 is 21.5. The quantitative estimate of drug-likeness (QED) is 0.481. The highest BCUT2D eigenvalue weighted by Gasteiger charge is 2.22. The van der Waals surface area contributed by atoms with Crippen molar-refractivity contribution in [2.45, 2.75) is 26.1 Å². The Morgan fingerprint density at radius 2 is 1.84 bits per heavy atom. The molecule has 4 nitrogen and oxygen atoms in total. The van der Waals surface area contributed by atoms with Crippen LogP contribution in [0.25, 0.3) is 0 Å². The van der Waals surface area contributed by atoms with Crippen LogP contribution in [0.1, 0.15) is 18.9 Å². The Balaban J connectivity index is 1.58. The van der Waals surface area contributed by atoms with Gasteiger partial charge in [-0.25, -0.2) is 0 Å². The van der Waals surface area contributed by atoms with E-state index in [1.165, 1.54) is 0 Å². The third-order valence-electron chi connectivity index (χ3n) is 2.75. The summed E-state index contributed by atoms with van der Waals surface area (Å²) in [6.45, 7) is 6.28. The Labute approximate surface area is 114 Å². The van der Waals surface area contributed by atoms with E-state index in [4.69, 9.17) is 18.9 Å². The molecule has 19 heavy (non-hydrogen) atoms. The molecular weight excluding hydrogens is 244 g/mol. The predicted molar refractivity (Wildman–Crippen MR) is 72.4 cm³/mol. The second kappa shape index (κ2) is 8.15. The van der Waals surface area contributed by atoms with E-state index in [2.05, 4.69) is 6.92 Å². The first kappa shape index (κ1) is 14.3. The maximum absolute atomic E-state index is 5.57. The van der Waals surface area contributed by atoms with Crippen molar-refractivity contribution < 1.29 is 18.9 Å². The van der Waals surface area contributed by atoms with Gasteiger partial charge in [0.25, 0.3) is 0 Å². The number of hydrogen-bond acceptors (Lipinski definition) is 4. The van der Waals surface area contributed by atoms with Crippen LogP contribution in [-0.4, -0.2) is 39.1 Å². The van der Waals surface area contributed by atoms with Crippen molar-refractivity contribution in [3.05, 3.63) is 29.8 Å². The number of ether oxygens (including phenoxy) is 4. The fraction of sp³-hybridized carbons (Fsp3) is 0.600. The first-order chi connectivity index (χ1) is 9.38.